The summed E-state index contributed by atoms with van der Waals surface area (Å²) < 4.78 is 4.75. The Balaban J connectivity index is 2.56. The van der Waals surface area contributed by atoms with E-state index in [4.69, 9.17) is 4.74 Å². The summed E-state index contributed by atoms with van der Waals surface area (Å²) >= 11 is 0. The number of rotatable bonds is 3. The number of hydrogen-bond donors (Lipinski definition) is 1. The Labute approximate surface area is 76.9 Å². The van der Waals surface area contributed by atoms with Crippen LogP contribution in [0.5, 0.6) is 0 Å². The Bertz CT molecular complexity index is 247. The summed E-state index contributed by atoms with van der Waals surface area (Å²) in [6, 6.07) is 0. The van der Waals surface area contributed by atoms with Crippen molar-refractivity contribution in [2.45, 2.75) is 13.3 Å². The van der Waals surface area contributed by atoms with Gasteiger partial charge in [0.2, 0.25) is 5.91 Å². The van der Waals surface area contributed by atoms with Crippen LogP contribution in [-0.2, 0) is 14.3 Å². The molecule has 0 aromatic carbocycles. The molecule has 0 spiro atoms. The van der Waals surface area contributed by atoms with Crippen LogP contribution in [0.15, 0.2) is 12.2 Å². The summed E-state index contributed by atoms with van der Waals surface area (Å²) in [7, 11) is 0. The second-order valence-electron chi connectivity index (χ2n) is 2.88. The van der Waals surface area contributed by atoms with Gasteiger partial charge < -0.3 is 10.1 Å². The molecule has 1 rings (SSSR count). The smallest absolute Gasteiger partial charge is 0.334 e. The van der Waals surface area contributed by atoms with Gasteiger partial charge in [0.1, 0.15) is 0 Å². The van der Waals surface area contributed by atoms with E-state index in [9.17, 15) is 9.59 Å². The van der Waals surface area contributed by atoms with Crippen LogP contribution in [0.1, 0.15) is 13.3 Å². The average molecular weight is 183 g/mol. The molecule has 0 aromatic rings. The second-order valence-corrected chi connectivity index (χ2v) is 2.88. The predicted molar refractivity (Wildman–Crippen MR) is 46.9 cm³/mol. The number of nitrogens with one attached hydrogen (secondary N) is 1. The van der Waals surface area contributed by atoms with Crippen molar-refractivity contribution < 1.29 is 14.3 Å². The first kappa shape index (κ1) is 9.77. The van der Waals surface area contributed by atoms with Crippen molar-refractivity contribution in [1.82, 2.24) is 5.32 Å². The van der Waals surface area contributed by atoms with Crippen LogP contribution in [0.2, 0.25) is 0 Å². The van der Waals surface area contributed by atoms with Crippen LogP contribution in [-0.4, -0.2) is 25.0 Å². The summed E-state index contributed by atoms with van der Waals surface area (Å²) in [5.41, 5.74) is 0.261. The summed E-state index contributed by atoms with van der Waals surface area (Å²) in [6.07, 6.45) is 0.635. The van der Waals surface area contributed by atoms with Crippen molar-refractivity contribution in [3.05, 3.63) is 12.2 Å². The van der Waals surface area contributed by atoms with E-state index in [-0.39, 0.29) is 17.4 Å². The number of amides is 1. The van der Waals surface area contributed by atoms with Crippen LogP contribution >= 0.6 is 0 Å². The largest absolute Gasteiger partial charge is 0.463 e. The summed E-state index contributed by atoms with van der Waals surface area (Å²) in [5, 5.41) is 2.64. The number of carbonyl (C=O) groups is 2. The van der Waals surface area contributed by atoms with Gasteiger partial charge in [-0.3, -0.25) is 4.79 Å². The molecule has 1 unspecified atom stereocenters. The molecule has 4 heteroatoms. The highest BCUT2D eigenvalue weighted by atomic mass is 16.5. The Morgan fingerprint density at radius 3 is 2.92 bits per heavy atom. The lowest BCUT2D eigenvalue weighted by Gasteiger charge is -2.08. The van der Waals surface area contributed by atoms with Crippen LogP contribution in [0, 0.1) is 5.92 Å². The molecule has 13 heavy (non-hydrogen) atoms. The second kappa shape index (κ2) is 4.07. The van der Waals surface area contributed by atoms with E-state index < -0.39 is 5.97 Å². The maximum atomic E-state index is 11.2. The van der Waals surface area contributed by atoms with E-state index in [1.807, 2.05) is 0 Å². The normalized spacial score (nSPS) is 21.0. The van der Waals surface area contributed by atoms with Crippen LogP contribution in [0.3, 0.4) is 0 Å². The highest BCUT2D eigenvalue weighted by Gasteiger charge is 2.30. The summed E-state index contributed by atoms with van der Waals surface area (Å²) in [5.74, 6) is -0.985. The molecule has 1 aliphatic rings. The summed E-state index contributed by atoms with van der Waals surface area (Å²) in [4.78, 5) is 22.3. The SMILES string of the molecule is C=C(C(=O)OCC)C1CCNC1=O. The number of hydrogen-bond acceptors (Lipinski definition) is 3. The zero-order chi connectivity index (χ0) is 9.84. The third-order valence-corrected chi connectivity index (χ3v) is 2.01. The van der Waals surface area contributed by atoms with Gasteiger partial charge in [-0.25, -0.2) is 4.79 Å². The van der Waals surface area contributed by atoms with Crippen molar-refractivity contribution in [3.63, 3.8) is 0 Å². The number of carbonyl (C=O) groups excluding carboxylic acids is 2. The van der Waals surface area contributed by atoms with E-state index in [0.717, 1.165) is 0 Å². The van der Waals surface area contributed by atoms with Crippen molar-refractivity contribution in [1.29, 1.82) is 0 Å². The third kappa shape index (κ3) is 2.08. The van der Waals surface area contributed by atoms with Crippen LogP contribution in [0.4, 0.5) is 0 Å². The van der Waals surface area contributed by atoms with Gasteiger partial charge in [0.05, 0.1) is 12.5 Å². The monoisotopic (exact) mass is 183 g/mol. The van der Waals surface area contributed by atoms with Gasteiger partial charge in [-0.05, 0) is 13.3 Å². The molecule has 0 aliphatic carbocycles. The Morgan fingerprint density at radius 1 is 1.77 bits per heavy atom. The Hall–Kier alpha value is -1.32. The molecule has 0 aromatic heterocycles. The molecule has 0 saturated carbocycles. The first-order valence-electron chi connectivity index (χ1n) is 4.30. The Kier molecular flexibility index (Phi) is 3.06. The fourth-order valence-corrected chi connectivity index (χ4v) is 1.29. The van der Waals surface area contributed by atoms with Gasteiger partial charge in [0.25, 0.3) is 0 Å². The fraction of sp³-hybridized carbons (Fsp3) is 0.556. The first-order valence-corrected chi connectivity index (χ1v) is 4.30. The van der Waals surface area contributed by atoms with E-state index in [1.54, 1.807) is 6.92 Å². The van der Waals surface area contributed by atoms with E-state index >= 15 is 0 Å². The van der Waals surface area contributed by atoms with Crippen LogP contribution < -0.4 is 5.32 Å². The maximum absolute atomic E-state index is 11.2. The first-order chi connectivity index (χ1) is 6.16. The van der Waals surface area contributed by atoms with Gasteiger partial charge in [-0.15, -0.1) is 0 Å². The highest BCUT2D eigenvalue weighted by molar-refractivity contribution is 5.97. The average Bonchev–Trinajstić information content (AvgIpc) is 2.50. The number of ether oxygens (including phenoxy) is 1. The molecule has 4 nitrogen and oxygen atoms in total. The van der Waals surface area contributed by atoms with Crippen LogP contribution in [0.25, 0.3) is 0 Å². The van der Waals surface area contributed by atoms with Crippen molar-refractivity contribution in [2.75, 3.05) is 13.2 Å². The van der Waals surface area contributed by atoms with E-state index in [1.165, 1.54) is 0 Å². The topological polar surface area (TPSA) is 55.4 Å². The molecule has 1 aliphatic heterocycles. The lowest BCUT2D eigenvalue weighted by molar-refractivity contribution is -0.140. The van der Waals surface area contributed by atoms with Gasteiger partial charge in [-0.2, -0.15) is 0 Å². The molecule has 1 fully saturated rings. The molecule has 72 valence electrons. The third-order valence-electron chi connectivity index (χ3n) is 2.01. The lowest BCUT2D eigenvalue weighted by atomic mass is 9.99. The molecule has 1 saturated heterocycles. The standard InChI is InChI=1S/C9H13NO3/c1-3-13-9(12)6(2)7-4-5-10-8(7)11/h7H,2-5H2,1H3,(H,10,11). The predicted octanol–water partition coefficient (Wildman–Crippen LogP) is 0.242. The zero-order valence-corrected chi connectivity index (χ0v) is 7.63. The van der Waals surface area contributed by atoms with E-state index in [0.29, 0.717) is 19.6 Å². The molecule has 1 amide bonds. The summed E-state index contributed by atoms with van der Waals surface area (Å²) in [6.45, 7) is 6.22. The lowest BCUT2D eigenvalue weighted by Crippen LogP contribution is -2.23. The van der Waals surface area contributed by atoms with Crippen molar-refractivity contribution in [3.8, 4) is 0 Å². The minimum Gasteiger partial charge on any atom is -0.463 e. The van der Waals surface area contributed by atoms with Gasteiger partial charge in [-0.1, -0.05) is 6.58 Å². The van der Waals surface area contributed by atoms with Gasteiger partial charge in [0.15, 0.2) is 0 Å². The van der Waals surface area contributed by atoms with Gasteiger partial charge >= 0.3 is 5.97 Å². The van der Waals surface area contributed by atoms with Crippen molar-refractivity contribution in [2.24, 2.45) is 5.92 Å². The molecular weight excluding hydrogens is 170 g/mol. The molecular formula is C9H13NO3. The molecule has 1 N–H and O–H groups in total. The zero-order valence-electron chi connectivity index (χ0n) is 7.63. The van der Waals surface area contributed by atoms with E-state index in [2.05, 4.69) is 11.9 Å². The Morgan fingerprint density at radius 2 is 2.46 bits per heavy atom. The quantitative estimate of drug-likeness (QED) is 0.503. The molecule has 1 atom stereocenters. The molecule has 0 radical (unpaired) electrons. The minimum absolute atomic E-state index is 0.127. The minimum atomic E-state index is -0.468. The molecule has 1 heterocycles. The maximum Gasteiger partial charge on any atom is 0.334 e. The molecule has 0 bridgehead atoms. The number of esters is 1. The highest BCUT2D eigenvalue weighted by Crippen LogP contribution is 2.18. The van der Waals surface area contributed by atoms with Crippen molar-refractivity contribution >= 4 is 11.9 Å². The van der Waals surface area contributed by atoms with Gasteiger partial charge in [0, 0.05) is 12.1 Å². The fourth-order valence-electron chi connectivity index (χ4n) is 1.29.